The second-order valence-electron chi connectivity index (χ2n) is 6.64. The summed E-state index contributed by atoms with van der Waals surface area (Å²) >= 11 is 12.6. The van der Waals surface area contributed by atoms with Crippen LogP contribution in [0.1, 0.15) is 46.6 Å². The number of hydrogen-bond donors (Lipinski definition) is 1. The molecule has 19 heavy (non-hydrogen) atoms. The summed E-state index contributed by atoms with van der Waals surface area (Å²) in [6, 6.07) is 5.72. The lowest BCUT2D eigenvalue weighted by molar-refractivity contribution is 0.255. The number of benzene rings is 1. The van der Waals surface area contributed by atoms with Crippen molar-refractivity contribution in [3.63, 3.8) is 0 Å². The Morgan fingerprint density at radius 2 is 1.58 bits per heavy atom. The lowest BCUT2D eigenvalue weighted by atomic mass is 9.80. The average Bonchev–Trinajstić information content (AvgIpc) is 2.31. The molecule has 0 fully saturated rings. The molecule has 1 atom stereocenters. The van der Waals surface area contributed by atoms with Crippen molar-refractivity contribution in [3.8, 4) is 0 Å². The molecule has 1 rings (SSSR count). The van der Waals surface area contributed by atoms with Crippen LogP contribution in [0.25, 0.3) is 0 Å². The molecule has 0 radical (unpaired) electrons. The minimum absolute atomic E-state index is 0.126. The van der Waals surface area contributed by atoms with Gasteiger partial charge in [0.2, 0.25) is 0 Å². The summed E-state index contributed by atoms with van der Waals surface area (Å²) < 4.78 is 0. The maximum absolute atomic E-state index is 6.28. The van der Waals surface area contributed by atoms with E-state index in [-0.39, 0.29) is 11.0 Å². The molecule has 0 aliphatic heterocycles. The molecular formula is C16H25Cl2N. The fraction of sp³-hybridized carbons (Fsp3) is 0.625. The Balaban J connectivity index is 2.86. The van der Waals surface area contributed by atoms with Crippen LogP contribution in [-0.4, -0.2) is 12.1 Å². The van der Waals surface area contributed by atoms with E-state index in [0.717, 1.165) is 35.0 Å². The summed E-state index contributed by atoms with van der Waals surface area (Å²) in [5.74, 6) is 0. The minimum atomic E-state index is 0.126. The van der Waals surface area contributed by atoms with Crippen LogP contribution in [0.4, 0.5) is 0 Å². The molecular weight excluding hydrogens is 277 g/mol. The van der Waals surface area contributed by atoms with Gasteiger partial charge >= 0.3 is 0 Å². The predicted molar refractivity (Wildman–Crippen MR) is 86.3 cm³/mol. The normalized spacial score (nSPS) is 15.3. The molecule has 108 valence electrons. The second kappa shape index (κ2) is 6.47. The molecule has 0 bridgehead atoms. The standard InChI is InChI=1S/C16H25Cl2N/c1-6-16(5,11-19-15(2,3)4)10-12-13(17)8-7-9-14(12)18/h7-9,19H,6,10-11H2,1-5H3. The van der Waals surface area contributed by atoms with Crippen molar-refractivity contribution in [1.82, 2.24) is 5.32 Å². The fourth-order valence-electron chi connectivity index (χ4n) is 1.92. The maximum atomic E-state index is 6.28. The number of rotatable bonds is 5. The summed E-state index contributed by atoms with van der Waals surface area (Å²) in [5.41, 5.74) is 1.34. The summed E-state index contributed by atoms with van der Waals surface area (Å²) in [6.45, 7) is 12.0. The van der Waals surface area contributed by atoms with Crippen LogP contribution in [0.15, 0.2) is 18.2 Å². The Hall–Kier alpha value is -0.240. The van der Waals surface area contributed by atoms with Gasteiger partial charge < -0.3 is 5.32 Å². The first-order valence-electron chi connectivity index (χ1n) is 6.85. The highest BCUT2D eigenvalue weighted by Crippen LogP contribution is 2.33. The Kier molecular flexibility index (Phi) is 5.73. The van der Waals surface area contributed by atoms with E-state index in [1.807, 2.05) is 18.2 Å². The summed E-state index contributed by atoms with van der Waals surface area (Å²) in [4.78, 5) is 0. The van der Waals surface area contributed by atoms with Crippen molar-refractivity contribution in [2.45, 2.75) is 53.0 Å². The van der Waals surface area contributed by atoms with E-state index in [9.17, 15) is 0 Å². The third-order valence-electron chi connectivity index (χ3n) is 3.56. The summed E-state index contributed by atoms with van der Waals surface area (Å²) in [6.07, 6.45) is 1.97. The predicted octanol–water partition coefficient (Wildman–Crippen LogP) is 5.34. The van der Waals surface area contributed by atoms with Gasteiger partial charge in [-0.05, 0) is 56.7 Å². The van der Waals surface area contributed by atoms with E-state index >= 15 is 0 Å². The Morgan fingerprint density at radius 1 is 1.05 bits per heavy atom. The zero-order valence-electron chi connectivity index (χ0n) is 12.6. The van der Waals surface area contributed by atoms with Gasteiger partial charge in [0.15, 0.2) is 0 Å². The molecule has 1 aromatic carbocycles. The largest absolute Gasteiger partial charge is 0.312 e. The monoisotopic (exact) mass is 301 g/mol. The lowest BCUT2D eigenvalue weighted by Gasteiger charge is -2.33. The SMILES string of the molecule is CCC(C)(CNC(C)(C)C)Cc1c(Cl)cccc1Cl. The van der Waals surface area contributed by atoms with Crippen LogP contribution in [0.5, 0.6) is 0 Å². The van der Waals surface area contributed by atoms with Crippen molar-refractivity contribution >= 4 is 23.2 Å². The highest BCUT2D eigenvalue weighted by atomic mass is 35.5. The second-order valence-corrected chi connectivity index (χ2v) is 7.46. The molecule has 0 aromatic heterocycles. The third-order valence-corrected chi connectivity index (χ3v) is 4.27. The van der Waals surface area contributed by atoms with E-state index in [4.69, 9.17) is 23.2 Å². The third kappa shape index (κ3) is 5.33. The zero-order valence-corrected chi connectivity index (χ0v) is 14.1. The number of hydrogen-bond acceptors (Lipinski definition) is 1. The van der Waals surface area contributed by atoms with Gasteiger partial charge in [0.1, 0.15) is 0 Å². The highest BCUT2D eigenvalue weighted by Gasteiger charge is 2.26. The molecule has 0 saturated carbocycles. The van der Waals surface area contributed by atoms with Gasteiger partial charge in [-0.25, -0.2) is 0 Å². The highest BCUT2D eigenvalue weighted by molar-refractivity contribution is 6.36. The van der Waals surface area contributed by atoms with Gasteiger partial charge in [0.05, 0.1) is 0 Å². The Labute approximate surface area is 127 Å². The molecule has 1 unspecified atom stereocenters. The van der Waals surface area contributed by atoms with E-state index in [0.29, 0.717) is 0 Å². The molecule has 1 nitrogen and oxygen atoms in total. The summed E-state index contributed by atoms with van der Waals surface area (Å²) in [5, 5.41) is 5.12. The molecule has 0 aliphatic rings. The molecule has 1 N–H and O–H groups in total. The van der Waals surface area contributed by atoms with Crippen LogP contribution >= 0.6 is 23.2 Å². The van der Waals surface area contributed by atoms with Gasteiger partial charge in [-0.3, -0.25) is 0 Å². The van der Waals surface area contributed by atoms with Crippen LogP contribution in [0.3, 0.4) is 0 Å². The van der Waals surface area contributed by atoms with E-state index < -0.39 is 0 Å². The van der Waals surface area contributed by atoms with Crippen molar-refractivity contribution in [2.24, 2.45) is 5.41 Å². The molecule has 0 heterocycles. The van der Waals surface area contributed by atoms with Crippen LogP contribution < -0.4 is 5.32 Å². The van der Waals surface area contributed by atoms with Gasteiger partial charge in [-0.2, -0.15) is 0 Å². The van der Waals surface area contributed by atoms with Gasteiger partial charge in [0.25, 0.3) is 0 Å². The maximum Gasteiger partial charge on any atom is 0.0453 e. The molecule has 0 aliphatic carbocycles. The van der Waals surface area contributed by atoms with Crippen LogP contribution in [0.2, 0.25) is 10.0 Å². The van der Waals surface area contributed by atoms with Gasteiger partial charge in [-0.1, -0.05) is 43.1 Å². The average molecular weight is 302 g/mol. The van der Waals surface area contributed by atoms with E-state index in [1.54, 1.807) is 0 Å². The molecule has 3 heteroatoms. The molecule has 0 amide bonds. The van der Waals surface area contributed by atoms with E-state index in [2.05, 4.69) is 39.9 Å². The fourth-order valence-corrected chi connectivity index (χ4v) is 2.45. The van der Waals surface area contributed by atoms with Crippen molar-refractivity contribution in [3.05, 3.63) is 33.8 Å². The molecule has 0 spiro atoms. The lowest BCUT2D eigenvalue weighted by Crippen LogP contribution is -2.43. The van der Waals surface area contributed by atoms with E-state index in [1.165, 1.54) is 0 Å². The van der Waals surface area contributed by atoms with Crippen LogP contribution in [-0.2, 0) is 6.42 Å². The smallest absolute Gasteiger partial charge is 0.0453 e. The Morgan fingerprint density at radius 3 is 2.00 bits per heavy atom. The first-order valence-corrected chi connectivity index (χ1v) is 7.60. The minimum Gasteiger partial charge on any atom is -0.312 e. The number of halogens is 2. The molecule has 0 saturated heterocycles. The zero-order chi connectivity index (χ0) is 14.7. The first-order chi connectivity index (χ1) is 8.67. The quantitative estimate of drug-likeness (QED) is 0.774. The van der Waals surface area contributed by atoms with Crippen molar-refractivity contribution < 1.29 is 0 Å². The summed E-state index contributed by atoms with van der Waals surface area (Å²) in [7, 11) is 0. The van der Waals surface area contributed by atoms with Crippen molar-refractivity contribution in [2.75, 3.05) is 6.54 Å². The van der Waals surface area contributed by atoms with Crippen LogP contribution in [0, 0.1) is 5.41 Å². The Bertz CT molecular complexity index is 403. The first kappa shape index (κ1) is 16.8. The van der Waals surface area contributed by atoms with Crippen molar-refractivity contribution in [1.29, 1.82) is 0 Å². The van der Waals surface area contributed by atoms with Gasteiger partial charge in [0, 0.05) is 22.1 Å². The topological polar surface area (TPSA) is 12.0 Å². The van der Waals surface area contributed by atoms with Gasteiger partial charge in [-0.15, -0.1) is 0 Å². The number of nitrogens with one attached hydrogen (secondary N) is 1. The molecule has 1 aromatic rings.